The van der Waals surface area contributed by atoms with Gasteiger partial charge in [0.25, 0.3) is 0 Å². The van der Waals surface area contributed by atoms with Crippen molar-refractivity contribution < 1.29 is 0 Å². The molecule has 0 unspecified atom stereocenters. The minimum absolute atomic E-state index is 0.497. The second kappa shape index (κ2) is 4.52. The molecule has 0 radical (unpaired) electrons. The molecule has 1 aromatic heterocycles. The van der Waals surface area contributed by atoms with Crippen LogP contribution in [-0.4, -0.2) is 0 Å². The Morgan fingerprint density at radius 3 is 2.38 bits per heavy atom. The van der Waals surface area contributed by atoms with Gasteiger partial charge < -0.3 is 0 Å². The Bertz CT molecular complexity index is 371. The standard InChI is InChI=1S/C15H24S/c1-11-13-8-6-5-7-9-15(3,4)10-14(13)12(2)16-11/h5-10H2,1-4H3. The van der Waals surface area contributed by atoms with Crippen LogP contribution in [0, 0.1) is 19.3 Å². The first kappa shape index (κ1) is 12.2. The highest BCUT2D eigenvalue weighted by Gasteiger charge is 2.24. The molecule has 0 amide bonds. The summed E-state index contributed by atoms with van der Waals surface area (Å²) in [5.74, 6) is 0. The van der Waals surface area contributed by atoms with Crippen molar-refractivity contribution in [1.82, 2.24) is 0 Å². The maximum atomic E-state index is 2.44. The molecule has 16 heavy (non-hydrogen) atoms. The van der Waals surface area contributed by atoms with E-state index in [-0.39, 0.29) is 0 Å². The molecule has 0 spiro atoms. The molecule has 0 fully saturated rings. The van der Waals surface area contributed by atoms with Crippen LogP contribution in [-0.2, 0) is 12.8 Å². The molecule has 1 aliphatic carbocycles. The lowest BCUT2D eigenvalue weighted by Gasteiger charge is -2.24. The van der Waals surface area contributed by atoms with E-state index in [0.717, 1.165) is 0 Å². The molecule has 1 heteroatoms. The smallest absolute Gasteiger partial charge is 0.00520 e. The van der Waals surface area contributed by atoms with Gasteiger partial charge in [0.1, 0.15) is 0 Å². The summed E-state index contributed by atoms with van der Waals surface area (Å²) in [6.07, 6.45) is 8.22. The maximum Gasteiger partial charge on any atom is 0.00520 e. The monoisotopic (exact) mass is 236 g/mol. The van der Waals surface area contributed by atoms with Gasteiger partial charge in [-0.2, -0.15) is 0 Å². The van der Waals surface area contributed by atoms with Gasteiger partial charge in [-0.1, -0.05) is 26.7 Å². The highest BCUT2D eigenvalue weighted by molar-refractivity contribution is 7.12. The predicted molar refractivity (Wildman–Crippen MR) is 73.5 cm³/mol. The van der Waals surface area contributed by atoms with Crippen LogP contribution in [0.15, 0.2) is 0 Å². The zero-order chi connectivity index (χ0) is 11.8. The molecule has 90 valence electrons. The lowest BCUT2D eigenvalue weighted by molar-refractivity contribution is 0.320. The van der Waals surface area contributed by atoms with Crippen molar-refractivity contribution in [2.24, 2.45) is 5.41 Å². The van der Waals surface area contributed by atoms with Crippen LogP contribution in [0.3, 0.4) is 0 Å². The Morgan fingerprint density at radius 2 is 1.62 bits per heavy atom. The summed E-state index contributed by atoms with van der Waals surface area (Å²) in [5.41, 5.74) is 3.88. The average molecular weight is 236 g/mol. The Labute approximate surface area is 104 Å². The highest BCUT2D eigenvalue weighted by atomic mass is 32.1. The van der Waals surface area contributed by atoms with Gasteiger partial charge in [-0.05, 0) is 56.1 Å². The molecule has 2 rings (SSSR count). The van der Waals surface area contributed by atoms with E-state index in [2.05, 4.69) is 27.7 Å². The normalized spacial score (nSPS) is 20.8. The molecule has 1 aromatic rings. The van der Waals surface area contributed by atoms with Gasteiger partial charge in [-0.3, -0.25) is 0 Å². The molecule has 1 heterocycles. The number of hydrogen-bond acceptors (Lipinski definition) is 1. The Hall–Kier alpha value is -0.300. The molecular formula is C15H24S. The van der Waals surface area contributed by atoms with Crippen LogP contribution in [0.5, 0.6) is 0 Å². The Kier molecular flexibility index (Phi) is 3.44. The van der Waals surface area contributed by atoms with Gasteiger partial charge >= 0.3 is 0 Å². The fraction of sp³-hybridized carbons (Fsp3) is 0.733. The van der Waals surface area contributed by atoms with E-state index < -0.39 is 0 Å². The van der Waals surface area contributed by atoms with Crippen molar-refractivity contribution >= 4 is 11.3 Å². The SMILES string of the molecule is Cc1sc(C)c2c1CCCCCC(C)(C)C2. The number of thiophene rings is 1. The summed E-state index contributed by atoms with van der Waals surface area (Å²) in [7, 11) is 0. The van der Waals surface area contributed by atoms with Gasteiger partial charge in [0, 0.05) is 9.75 Å². The topological polar surface area (TPSA) is 0 Å². The summed E-state index contributed by atoms with van der Waals surface area (Å²) in [6, 6.07) is 0. The number of fused-ring (bicyclic) bond motifs is 1. The predicted octanol–water partition coefficient (Wildman–Crippen LogP) is 5.05. The van der Waals surface area contributed by atoms with E-state index in [1.807, 2.05) is 11.3 Å². The highest BCUT2D eigenvalue weighted by Crippen LogP contribution is 2.37. The van der Waals surface area contributed by atoms with E-state index in [1.54, 1.807) is 20.9 Å². The third kappa shape index (κ3) is 2.51. The fourth-order valence-electron chi connectivity index (χ4n) is 2.98. The minimum atomic E-state index is 0.497. The van der Waals surface area contributed by atoms with E-state index in [1.165, 1.54) is 38.5 Å². The van der Waals surface area contributed by atoms with Crippen molar-refractivity contribution in [3.05, 3.63) is 20.9 Å². The summed E-state index contributed by atoms with van der Waals surface area (Å²) in [4.78, 5) is 3.15. The molecule has 0 saturated carbocycles. The molecule has 0 aliphatic heterocycles. The lowest BCUT2D eigenvalue weighted by atomic mass is 9.81. The minimum Gasteiger partial charge on any atom is -0.145 e. The molecule has 1 aliphatic rings. The molecule has 0 N–H and O–H groups in total. The zero-order valence-electron chi connectivity index (χ0n) is 11.2. The van der Waals surface area contributed by atoms with Crippen molar-refractivity contribution in [3.8, 4) is 0 Å². The van der Waals surface area contributed by atoms with Crippen LogP contribution in [0.1, 0.15) is 60.4 Å². The largest absolute Gasteiger partial charge is 0.145 e. The van der Waals surface area contributed by atoms with Gasteiger partial charge in [0.05, 0.1) is 0 Å². The fourth-order valence-corrected chi connectivity index (χ4v) is 4.11. The summed E-state index contributed by atoms with van der Waals surface area (Å²) in [6.45, 7) is 9.49. The molecule has 0 aromatic carbocycles. The number of aryl methyl sites for hydroxylation is 2. The first-order chi connectivity index (χ1) is 7.49. The second-order valence-electron chi connectivity index (χ2n) is 6.07. The zero-order valence-corrected chi connectivity index (χ0v) is 12.0. The van der Waals surface area contributed by atoms with Crippen LogP contribution in [0.2, 0.25) is 0 Å². The molecule has 0 nitrogen and oxygen atoms in total. The van der Waals surface area contributed by atoms with Crippen LogP contribution < -0.4 is 0 Å². The first-order valence-electron chi connectivity index (χ1n) is 6.57. The second-order valence-corrected chi connectivity index (χ2v) is 7.50. The average Bonchev–Trinajstić information content (AvgIpc) is 2.46. The summed E-state index contributed by atoms with van der Waals surface area (Å²) < 4.78 is 0. The van der Waals surface area contributed by atoms with Gasteiger partial charge in [-0.15, -0.1) is 11.3 Å². The van der Waals surface area contributed by atoms with Gasteiger partial charge in [0.15, 0.2) is 0 Å². The molecule has 0 bridgehead atoms. The molecule has 0 atom stereocenters. The lowest BCUT2D eigenvalue weighted by Crippen LogP contribution is -2.15. The van der Waals surface area contributed by atoms with Crippen molar-refractivity contribution in [3.63, 3.8) is 0 Å². The first-order valence-corrected chi connectivity index (χ1v) is 7.39. The molecular weight excluding hydrogens is 212 g/mol. The summed E-state index contributed by atoms with van der Waals surface area (Å²) in [5, 5.41) is 0. The maximum absolute atomic E-state index is 2.44. The third-order valence-corrected chi connectivity index (χ3v) is 5.06. The van der Waals surface area contributed by atoms with Crippen LogP contribution in [0.25, 0.3) is 0 Å². The number of rotatable bonds is 0. The van der Waals surface area contributed by atoms with E-state index in [9.17, 15) is 0 Å². The number of hydrogen-bond donors (Lipinski definition) is 0. The molecule has 0 saturated heterocycles. The van der Waals surface area contributed by atoms with E-state index in [4.69, 9.17) is 0 Å². The Balaban J connectivity index is 2.37. The van der Waals surface area contributed by atoms with Crippen molar-refractivity contribution in [2.45, 2.75) is 66.2 Å². The van der Waals surface area contributed by atoms with E-state index in [0.29, 0.717) is 5.41 Å². The van der Waals surface area contributed by atoms with Crippen LogP contribution >= 0.6 is 11.3 Å². The van der Waals surface area contributed by atoms with Crippen molar-refractivity contribution in [2.75, 3.05) is 0 Å². The van der Waals surface area contributed by atoms with E-state index >= 15 is 0 Å². The summed E-state index contributed by atoms with van der Waals surface area (Å²) >= 11 is 2.01. The van der Waals surface area contributed by atoms with Crippen molar-refractivity contribution in [1.29, 1.82) is 0 Å². The van der Waals surface area contributed by atoms with Gasteiger partial charge in [-0.25, -0.2) is 0 Å². The Morgan fingerprint density at radius 1 is 0.938 bits per heavy atom. The third-order valence-electron chi connectivity index (χ3n) is 3.96. The van der Waals surface area contributed by atoms with Crippen LogP contribution in [0.4, 0.5) is 0 Å². The van der Waals surface area contributed by atoms with Gasteiger partial charge in [0.2, 0.25) is 0 Å². The quantitative estimate of drug-likeness (QED) is 0.591.